The first kappa shape index (κ1) is 23.7. The second-order valence-electron chi connectivity index (χ2n) is 9.01. The summed E-state index contributed by atoms with van der Waals surface area (Å²) < 4.78 is 6.25. The Labute approximate surface area is 179 Å². The van der Waals surface area contributed by atoms with Crippen LogP contribution in [0.25, 0.3) is 0 Å². The van der Waals surface area contributed by atoms with Gasteiger partial charge in [0.15, 0.2) is 0 Å². The van der Waals surface area contributed by atoms with Crippen molar-refractivity contribution in [2.24, 2.45) is 11.3 Å². The minimum atomic E-state index is 0.237. The van der Waals surface area contributed by atoms with Crippen molar-refractivity contribution in [3.05, 3.63) is 77.7 Å². The van der Waals surface area contributed by atoms with Crippen LogP contribution in [0.4, 0.5) is 0 Å². The molecule has 0 aliphatic rings. The van der Waals surface area contributed by atoms with E-state index >= 15 is 0 Å². The average molecular weight is 394 g/mol. The molecule has 1 heteroatoms. The van der Waals surface area contributed by atoms with Gasteiger partial charge in [0.1, 0.15) is 0 Å². The highest BCUT2D eigenvalue weighted by Crippen LogP contribution is 2.43. The predicted molar refractivity (Wildman–Crippen MR) is 126 cm³/mol. The molecule has 0 aromatic heterocycles. The van der Waals surface area contributed by atoms with E-state index in [0.29, 0.717) is 12.5 Å². The summed E-state index contributed by atoms with van der Waals surface area (Å²) >= 11 is 0. The summed E-state index contributed by atoms with van der Waals surface area (Å²) in [6, 6.07) is 21.5. The van der Waals surface area contributed by atoms with Gasteiger partial charge in [0.05, 0.1) is 13.2 Å². The molecule has 2 aromatic carbocycles. The van der Waals surface area contributed by atoms with Gasteiger partial charge in [-0.05, 0) is 47.6 Å². The first-order valence-corrected chi connectivity index (χ1v) is 11.6. The van der Waals surface area contributed by atoms with Gasteiger partial charge in [-0.3, -0.25) is 0 Å². The first-order valence-electron chi connectivity index (χ1n) is 11.6. The molecule has 159 valence electrons. The lowest BCUT2D eigenvalue weighted by Crippen LogP contribution is -2.33. The van der Waals surface area contributed by atoms with Crippen molar-refractivity contribution in [1.29, 1.82) is 0 Å². The Balaban J connectivity index is 2.11. The normalized spacial score (nSPS) is 13.0. The van der Waals surface area contributed by atoms with E-state index in [4.69, 9.17) is 4.74 Å². The number of ether oxygens (including phenoxy) is 1. The van der Waals surface area contributed by atoms with Crippen LogP contribution in [0.1, 0.15) is 77.3 Å². The van der Waals surface area contributed by atoms with Gasteiger partial charge in [0, 0.05) is 0 Å². The fourth-order valence-corrected chi connectivity index (χ4v) is 4.33. The first-order chi connectivity index (χ1) is 14.1. The standard InChI is InChI=1S/C28H41O/c1-5-7-14-20-28(3,4)27(21-24-16-10-8-11-17-24)26(15-6-2)23-29-22-25-18-12-9-13-19-25/h8-13,16-19,26H,5-7,14-15,20-23H2,1-4H3. The summed E-state index contributed by atoms with van der Waals surface area (Å²) in [5, 5.41) is 0. The van der Waals surface area contributed by atoms with Gasteiger partial charge >= 0.3 is 0 Å². The molecule has 0 N–H and O–H groups in total. The van der Waals surface area contributed by atoms with E-state index in [9.17, 15) is 0 Å². The summed E-state index contributed by atoms with van der Waals surface area (Å²) in [7, 11) is 0. The van der Waals surface area contributed by atoms with Crippen LogP contribution < -0.4 is 0 Å². The fourth-order valence-electron chi connectivity index (χ4n) is 4.33. The number of hydrogen-bond acceptors (Lipinski definition) is 1. The molecule has 0 spiro atoms. The van der Waals surface area contributed by atoms with E-state index in [1.54, 1.807) is 5.92 Å². The van der Waals surface area contributed by atoms with Crippen molar-refractivity contribution in [2.75, 3.05) is 6.61 Å². The van der Waals surface area contributed by atoms with E-state index in [-0.39, 0.29) is 5.41 Å². The Hall–Kier alpha value is -1.60. The molecule has 1 atom stereocenters. The molecule has 0 aliphatic heterocycles. The molecule has 0 heterocycles. The van der Waals surface area contributed by atoms with Crippen LogP contribution in [0.3, 0.4) is 0 Å². The highest BCUT2D eigenvalue weighted by molar-refractivity contribution is 5.23. The van der Waals surface area contributed by atoms with E-state index in [1.807, 2.05) is 0 Å². The smallest absolute Gasteiger partial charge is 0.0717 e. The Morgan fingerprint density at radius 1 is 0.828 bits per heavy atom. The molecule has 1 radical (unpaired) electrons. The van der Waals surface area contributed by atoms with Crippen LogP contribution in [-0.4, -0.2) is 6.61 Å². The minimum absolute atomic E-state index is 0.237. The van der Waals surface area contributed by atoms with Gasteiger partial charge in [-0.15, -0.1) is 0 Å². The second-order valence-corrected chi connectivity index (χ2v) is 9.01. The number of benzene rings is 2. The SMILES string of the molecule is CCCCCC(C)(C)[C](Cc1ccccc1)C(CCC)COCc1ccccc1. The minimum Gasteiger partial charge on any atom is -0.376 e. The van der Waals surface area contributed by atoms with Gasteiger partial charge in [0.2, 0.25) is 0 Å². The zero-order valence-electron chi connectivity index (χ0n) is 19.1. The van der Waals surface area contributed by atoms with E-state index in [2.05, 4.69) is 88.4 Å². The third-order valence-electron chi connectivity index (χ3n) is 6.07. The quantitative estimate of drug-likeness (QED) is 0.295. The molecule has 1 unspecified atom stereocenters. The largest absolute Gasteiger partial charge is 0.376 e. The Kier molecular flexibility index (Phi) is 10.5. The van der Waals surface area contributed by atoms with Crippen molar-refractivity contribution >= 4 is 0 Å². The van der Waals surface area contributed by atoms with E-state index in [0.717, 1.165) is 13.0 Å². The van der Waals surface area contributed by atoms with E-state index in [1.165, 1.54) is 49.7 Å². The van der Waals surface area contributed by atoms with Crippen molar-refractivity contribution in [1.82, 2.24) is 0 Å². The molecule has 2 aromatic rings. The maximum absolute atomic E-state index is 6.25. The maximum Gasteiger partial charge on any atom is 0.0717 e. The Bertz CT molecular complexity index is 647. The highest BCUT2D eigenvalue weighted by Gasteiger charge is 2.35. The Morgan fingerprint density at radius 3 is 2.03 bits per heavy atom. The van der Waals surface area contributed by atoms with Crippen LogP contribution >= 0.6 is 0 Å². The zero-order chi connectivity index (χ0) is 21.0. The molecular weight excluding hydrogens is 352 g/mol. The lowest BCUT2D eigenvalue weighted by atomic mass is 9.66. The maximum atomic E-state index is 6.25. The van der Waals surface area contributed by atoms with Gasteiger partial charge in [-0.25, -0.2) is 0 Å². The van der Waals surface area contributed by atoms with Crippen molar-refractivity contribution in [3.63, 3.8) is 0 Å². The molecule has 0 amide bonds. The van der Waals surface area contributed by atoms with E-state index < -0.39 is 0 Å². The van der Waals surface area contributed by atoms with Gasteiger partial charge in [0.25, 0.3) is 0 Å². The summed E-state index contributed by atoms with van der Waals surface area (Å²) in [4.78, 5) is 0. The third kappa shape index (κ3) is 8.34. The molecule has 0 aliphatic carbocycles. The summed E-state index contributed by atoms with van der Waals surface area (Å²) in [5.41, 5.74) is 2.92. The molecule has 1 nitrogen and oxygen atoms in total. The van der Waals surface area contributed by atoms with Crippen molar-refractivity contribution in [2.45, 2.75) is 79.2 Å². The molecule has 0 fully saturated rings. The lowest BCUT2D eigenvalue weighted by molar-refractivity contribution is 0.0741. The van der Waals surface area contributed by atoms with Gasteiger partial charge in [-0.1, -0.05) is 114 Å². The number of hydrogen-bond donors (Lipinski definition) is 0. The fraction of sp³-hybridized carbons (Fsp3) is 0.536. The molecular formula is C28H41O. The summed E-state index contributed by atoms with van der Waals surface area (Å²) in [6.45, 7) is 11.0. The van der Waals surface area contributed by atoms with Gasteiger partial charge < -0.3 is 4.74 Å². The number of rotatable bonds is 14. The van der Waals surface area contributed by atoms with Crippen LogP contribution in [0.2, 0.25) is 0 Å². The average Bonchev–Trinajstić information content (AvgIpc) is 2.73. The number of unbranched alkanes of at least 4 members (excludes halogenated alkanes) is 2. The predicted octanol–water partition coefficient (Wildman–Crippen LogP) is 8.04. The molecule has 0 saturated carbocycles. The Morgan fingerprint density at radius 2 is 1.45 bits per heavy atom. The van der Waals surface area contributed by atoms with Crippen LogP contribution in [-0.2, 0) is 17.8 Å². The van der Waals surface area contributed by atoms with Crippen molar-refractivity contribution in [3.8, 4) is 0 Å². The topological polar surface area (TPSA) is 9.23 Å². The molecule has 0 saturated heterocycles. The van der Waals surface area contributed by atoms with Crippen LogP contribution in [0, 0.1) is 17.3 Å². The molecule has 2 rings (SSSR count). The zero-order valence-corrected chi connectivity index (χ0v) is 19.1. The highest BCUT2D eigenvalue weighted by atomic mass is 16.5. The molecule has 0 bridgehead atoms. The third-order valence-corrected chi connectivity index (χ3v) is 6.07. The lowest BCUT2D eigenvalue weighted by Gasteiger charge is -2.40. The summed E-state index contributed by atoms with van der Waals surface area (Å²) in [5.74, 6) is 2.19. The monoisotopic (exact) mass is 393 g/mol. The molecule has 29 heavy (non-hydrogen) atoms. The van der Waals surface area contributed by atoms with Crippen molar-refractivity contribution < 1.29 is 4.74 Å². The summed E-state index contributed by atoms with van der Waals surface area (Å²) in [6.07, 6.45) is 8.65. The van der Waals surface area contributed by atoms with Crippen LogP contribution in [0.5, 0.6) is 0 Å². The second kappa shape index (κ2) is 12.9. The van der Waals surface area contributed by atoms with Crippen LogP contribution in [0.15, 0.2) is 60.7 Å². The van der Waals surface area contributed by atoms with Gasteiger partial charge in [-0.2, -0.15) is 0 Å².